The third-order valence-corrected chi connectivity index (χ3v) is 4.80. The highest BCUT2D eigenvalue weighted by Gasteiger charge is 2.18. The van der Waals surface area contributed by atoms with Gasteiger partial charge in [0.25, 0.3) is 0 Å². The summed E-state index contributed by atoms with van der Waals surface area (Å²) < 4.78 is 15.9. The smallest absolute Gasteiger partial charge is 0.336 e. The molecule has 0 fully saturated rings. The van der Waals surface area contributed by atoms with Crippen molar-refractivity contribution in [2.75, 3.05) is 40.5 Å². The first-order valence-electron chi connectivity index (χ1n) is 8.61. The van der Waals surface area contributed by atoms with E-state index in [4.69, 9.17) is 13.9 Å². The minimum absolute atomic E-state index is 0.270. The van der Waals surface area contributed by atoms with E-state index in [0.717, 1.165) is 49.0 Å². The van der Waals surface area contributed by atoms with Gasteiger partial charge >= 0.3 is 5.63 Å². The summed E-state index contributed by atoms with van der Waals surface area (Å²) in [5.74, 6) is 0. The van der Waals surface area contributed by atoms with Crippen molar-refractivity contribution in [3.05, 3.63) is 45.3 Å². The summed E-state index contributed by atoms with van der Waals surface area (Å²) in [5.41, 5.74) is 4.22. The monoisotopic (exact) mass is 332 g/mol. The highest BCUT2D eigenvalue weighted by molar-refractivity contribution is 5.82. The van der Waals surface area contributed by atoms with Crippen LogP contribution in [0.3, 0.4) is 0 Å². The number of methoxy groups -OCH3 is 2. The zero-order valence-corrected chi connectivity index (χ0v) is 14.5. The summed E-state index contributed by atoms with van der Waals surface area (Å²) in [6, 6.07) is 5.93. The summed E-state index contributed by atoms with van der Waals surface area (Å²) in [5, 5.41) is 1.07. The molecule has 0 bridgehead atoms. The number of fused-ring (bicyclic) bond motifs is 2. The molecule has 0 radical (unpaired) electrons. The second-order valence-electron chi connectivity index (χ2n) is 6.47. The van der Waals surface area contributed by atoms with Crippen LogP contribution in [-0.2, 0) is 28.9 Å². The van der Waals surface area contributed by atoms with Gasteiger partial charge in [-0.2, -0.15) is 0 Å². The number of aryl methyl sites for hydroxylation is 2. The minimum Gasteiger partial charge on any atom is -0.423 e. The Labute approximate surface area is 142 Å². The molecule has 2 aromatic rings. The maximum absolute atomic E-state index is 12.0. The van der Waals surface area contributed by atoms with E-state index in [2.05, 4.69) is 12.1 Å². The topological polar surface area (TPSA) is 53.1 Å². The van der Waals surface area contributed by atoms with E-state index in [1.807, 2.05) is 0 Å². The number of nitrogens with one attached hydrogen (secondary N) is 1. The molecule has 0 saturated heterocycles. The lowest BCUT2D eigenvalue weighted by atomic mass is 10.0. The molecule has 0 aliphatic heterocycles. The molecular weight excluding hydrogens is 306 g/mol. The van der Waals surface area contributed by atoms with Crippen LogP contribution in [0.25, 0.3) is 11.0 Å². The predicted octanol–water partition coefficient (Wildman–Crippen LogP) is 0.959. The molecular formula is C19H26NO4+. The molecule has 3 rings (SSSR count). The Morgan fingerprint density at radius 1 is 1.04 bits per heavy atom. The van der Waals surface area contributed by atoms with Crippen molar-refractivity contribution >= 4 is 11.0 Å². The SMILES string of the molecule is COCC[NH+](CCOC)Cc1cc(=O)oc2cc3c(cc12)CCC3. The summed E-state index contributed by atoms with van der Waals surface area (Å²) in [6.45, 7) is 3.91. The summed E-state index contributed by atoms with van der Waals surface area (Å²) in [4.78, 5) is 13.3. The maximum atomic E-state index is 12.0. The maximum Gasteiger partial charge on any atom is 0.336 e. The number of hydrogen-bond donors (Lipinski definition) is 1. The fraction of sp³-hybridized carbons (Fsp3) is 0.526. The molecule has 1 aliphatic rings. The molecule has 0 atom stereocenters. The molecule has 5 nitrogen and oxygen atoms in total. The lowest BCUT2D eigenvalue weighted by Crippen LogP contribution is -3.11. The third kappa shape index (κ3) is 3.86. The first-order valence-corrected chi connectivity index (χ1v) is 8.61. The van der Waals surface area contributed by atoms with Gasteiger partial charge in [-0.3, -0.25) is 0 Å². The van der Waals surface area contributed by atoms with Crippen LogP contribution in [0.4, 0.5) is 0 Å². The van der Waals surface area contributed by atoms with Gasteiger partial charge < -0.3 is 18.8 Å². The van der Waals surface area contributed by atoms with Crippen LogP contribution in [0, 0.1) is 0 Å². The molecule has 1 aromatic carbocycles. The standard InChI is InChI=1S/C19H25NO4/c1-22-8-6-20(7-9-23-2)13-16-12-19(21)24-18-11-15-5-3-4-14(15)10-17(16)18/h10-12H,3-9,13H2,1-2H3/p+1. The van der Waals surface area contributed by atoms with Crippen molar-refractivity contribution in [1.82, 2.24) is 0 Å². The molecule has 1 aliphatic carbocycles. The van der Waals surface area contributed by atoms with Crippen LogP contribution in [0.2, 0.25) is 0 Å². The highest BCUT2D eigenvalue weighted by atomic mass is 16.5. The van der Waals surface area contributed by atoms with Gasteiger partial charge in [0.1, 0.15) is 25.2 Å². The van der Waals surface area contributed by atoms with Crippen LogP contribution in [0.15, 0.2) is 27.4 Å². The Balaban J connectivity index is 1.93. The zero-order chi connectivity index (χ0) is 16.9. The summed E-state index contributed by atoms with van der Waals surface area (Å²) in [6.07, 6.45) is 3.39. The van der Waals surface area contributed by atoms with Gasteiger partial charge in [0.2, 0.25) is 0 Å². The van der Waals surface area contributed by atoms with E-state index in [1.165, 1.54) is 22.4 Å². The average Bonchev–Trinajstić information content (AvgIpc) is 3.02. The van der Waals surface area contributed by atoms with Gasteiger partial charge in [0.15, 0.2) is 0 Å². The molecule has 0 spiro atoms. The second-order valence-corrected chi connectivity index (χ2v) is 6.47. The lowest BCUT2D eigenvalue weighted by molar-refractivity contribution is -0.914. The summed E-state index contributed by atoms with van der Waals surface area (Å²) in [7, 11) is 3.42. The minimum atomic E-state index is -0.270. The number of quaternary nitrogens is 1. The number of ether oxygens (including phenoxy) is 2. The van der Waals surface area contributed by atoms with Crippen molar-refractivity contribution in [3.8, 4) is 0 Å². The third-order valence-electron chi connectivity index (χ3n) is 4.80. The molecule has 1 aromatic heterocycles. The highest BCUT2D eigenvalue weighted by Crippen LogP contribution is 2.28. The van der Waals surface area contributed by atoms with Crippen molar-refractivity contribution in [2.45, 2.75) is 25.8 Å². The molecule has 5 heteroatoms. The lowest BCUT2D eigenvalue weighted by Gasteiger charge is -2.19. The van der Waals surface area contributed by atoms with Crippen LogP contribution >= 0.6 is 0 Å². The molecule has 1 heterocycles. The fourth-order valence-corrected chi connectivity index (χ4v) is 3.50. The molecule has 0 amide bonds. The quantitative estimate of drug-likeness (QED) is 0.732. The number of rotatable bonds is 8. The van der Waals surface area contributed by atoms with Crippen molar-refractivity contribution in [3.63, 3.8) is 0 Å². The normalized spacial score (nSPS) is 13.8. The number of hydrogen-bond acceptors (Lipinski definition) is 4. The van der Waals surface area contributed by atoms with E-state index in [0.29, 0.717) is 13.2 Å². The predicted molar refractivity (Wildman–Crippen MR) is 92.7 cm³/mol. The molecule has 0 unspecified atom stereocenters. The fourth-order valence-electron chi connectivity index (χ4n) is 3.50. The van der Waals surface area contributed by atoms with Crippen molar-refractivity contribution in [2.24, 2.45) is 0 Å². The largest absolute Gasteiger partial charge is 0.423 e. The van der Waals surface area contributed by atoms with E-state index in [-0.39, 0.29) is 5.63 Å². The second kappa shape index (κ2) is 7.92. The van der Waals surface area contributed by atoms with Crippen LogP contribution in [0.1, 0.15) is 23.1 Å². The van der Waals surface area contributed by atoms with Gasteiger partial charge in [-0.15, -0.1) is 0 Å². The van der Waals surface area contributed by atoms with E-state index in [9.17, 15) is 4.79 Å². The van der Waals surface area contributed by atoms with Crippen LogP contribution in [-0.4, -0.2) is 40.5 Å². The van der Waals surface area contributed by atoms with Gasteiger partial charge in [0.05, 0.1) is 13.2 Å². The van der Waals surface area contributed by atoms with Gasteiger partial charge in [-0.05, 0) is 42.5 Å². The molecule has 130 valence electrons. The molecule has 0 saturated carbocycles. The Morgan fingerprint density at radius 3 is 2.38 bits per heavy atom. The van der Waals surface area contributed by atoms with Gasteiger partial charge in [0, 0.05) is 31.2 Å². The van der Waals surface area contributed by atoms with Crippen molar-refractivity contribution in [1.29, 1.82) is 0 Å². The van der Waals surface area contributed by atoms with E-state index < -0.39 is 0 Å². The molecule has 1 N–H and O–H groups in total. The molecule has 24 heavy (non-hydrogen) atoms. The van der Waals surface area contributed by atoms with Crippen LogP contribution in [0.5, 0.6) is 0 Å². The van der Waals surface area contributed by atoms with Gasteiger partial charge in [-0.1, -0.05) is 0 Å². The Hall–Kier alpha value is -1.69. The average molecular weight is 332 g/mol. The van der Waals surface area contributed by atoms with Crippen LogP contribution < -0.4 is 10.5 Å². The Morgan fingerprint density at radius 2 is 1.71 bits per heavy atom. The summed E-state index contributed by atoms with van der Waals surface area (Å²) >= 11 is 0. The van der Waals surface area contributed by atoms with E-state index >= 15 is 0 Å². The van der Waals surface area contributed by atoms with Crippen molar-refractivity contribution < 1.29 is 18.8 Å². The number of benzene rings is 1. The zero-order valence-electron chi connectivity index (χ0n) is 14.5. The van der Waals surface area contributed by atoms with Gasteiger partial charge in [-0.25, -0.2) is 4.79 Å². The Bertz CT molecular complexity index is 745. The van der Waals surface area contributed by atoms with E-state index in [1.54, 1.807) is 20.3 Å². The first kappa shape index (κ1) is 17.1. The Kier molecular flexibility index (Phi) is 5.66. The first-order chi connectivity index (χ1) is 11.7.